The Hall–Kier alpha value is -1.67. The van der Waals surface area contributed by atoms with Crippen molar-refractivity contribution in [3.8, 4) is 0 Å². The highest BCUT2D eigenvalue weighted by molar-refractivity contribution is 7.88. The molecule has 2 aromatic heterocycles. The first kappa shape index (κ1) is 13.3. The molecule has 1 fully saturated rings. The molecule has 1 aliphatic rings. The number of hydrogen-bond acceptors (Lipinski definition) is 4. The zero-order valence-corrected chi connectivity index (χ0v) is 11.9. The molecular weight excluding hydrogens is 280 g/mol. The van der Waals surface area contributed by atoms with E-state index in [4.69, 9.17) is 0 Å². The highest BCUT2D eigenvalue weighted by Crippen LogP contribution is 2.25. The lowest BCUT2D eigenvalue weighted by Gasteiger charge is -2.30. The van der Waals surface area contributed by atoms with Crippen molar-refractivity contribution >= 4 is 20.9 Å². The lowest BCUT2D eigenvalue weighted by atomic mass is 10.1. The second-order valence-electron chi connectivity index (χ2n) is 5.09. The quantitative estimate of drug-likeness (QED) is 0.864. The van der Waals surface area contributed by atoms with Crippen molar-refractivity contribution in [1.82, 2.24) is 19.1 Å². The summed E-state index contributed by atoms with van der Waals surface area (Å²) < 4.78 is 26.3. The maximum atomic E-state index is 11.7. The standard InChI is InChI=1S/C12H16N4O3S/c1-20(18,19)15-6-3-9(4-7-15)16-11-2-5-13-12(17)10(11)8-14-16/h2,5,8-9H,3-4,6-7H2,1H3,(H,13,17). The van der Waals surface area contributed by atoms with Gasteiger partial charge in [0.2, 0.25) is 10.0 Å². The van der Waals surface area contributed by atoms with E-state index in [1.807, 2.05) is 10.7 Å². The molecule has 0 atom stereocenters. The number of nitrogens with zero attached hydrogens (tertiary/aromatic N) is 3. The molecule has 2 aromatic rings. The minimum absolute atomic E-state index is 0.132. The van der Waals surface area contributed by atoms with Crippen LogP contribution in [-0.2, 0) is 10.0 Å². The van der Waals surface area contributed by atoms with Crippen LogP contribution in [0.4, 0.5) is 0 Å². The SMILES string of the molecule is CS(=O)(=O)N1CCC(n2ncc3c(=O)[nH]ccc32)CC1. The fourth-order valence-electron chi connectivity index (χ4n) is 2.70. The maximum absolute atomic E-state index is 11.7. The van der Waals surface area contributed by atoms with Crippen molar-refractivity contribution in [2.75, 3.05) is 19.3 Å². The molecule has 7 nitrogen and oxygen atoms in total. The third kappa shape index (κ3) is 2.25. The van der Waals surface area contributed by atoms with E-state index in [1.165, 1.54) is 10.6 Å². The molecule has 0 radical (unpaired) electrons. The summed E-state index contributed by atoms with van der Waals surface area (Å²) in [6.45, 7) is 0.988. The van der Waals surface area contributed by atoms with Crippen LogP contribution in [0.15, 0.2) is 23.3 Å². The van der Waals surface area contributed by atoms with Gasteiger partial charge in [0.15, 0.2) is 0 Å². The van der Waals surface area contributed by atoms with Crippen LogP contribution in [0.3, 0.4) is 0 Å². The van der Waals surface area contributed by atoms with Gasteiger partial charge in [-0.1, -0.05) is 0 Å². The van der Waals surface area contributed by atoms with Gasteiger partial charge in [-0.15, -0.1) is 0 Å². The smallest absolute Gasteiger partial charge is 0.259 e. The minimum Gasteiger partial charge on any atom is -0.328 e. The number of sulfonamides is 1. The van der Waals surface area contributed by atoms with Crippen LogP contribution in [0.1, 0.15) is 18.9 Å². The molecular formula is C12H16N4O3S. The Morgan fingerprint density at radius 3 is 2.70 bits per heavy atom. The lowest BCUT2D eigenvalue weighted by Crippen LogP contribution is -2.38. The normalized spacial score (nSPS) is 18.6. The summed E-state index contributed by atoms with van der Waals surface area (Å²) >= 11 is 0. The number of piperidine rings is 1. The number of H-pyrrole nitrogens is 1. The molecule has 108 valence electrons. The molecule has 0 spiro atoms. The Kier molecular flexibility index (Phi) is 3.14. The molecule has 1 N–H and O–H groups in total. The number of nitrogens with one attached hydrogen (secondary N) is 1. The van der Waals surface area contributed by atoms with Crippen LogP contribution in [0.5, 0.6) is 0 Å². The van der Waals surface area contributed by atoms with Crippen LogP contribution in [0.25, 0.3) is 10.9 Å². The van der Waals surface area contributed by atoms with E-state index in [0.29, 0.717) is 31.3 Å². The van der Waals surface area contributed by atoms with Crippen molar-refractivity contribution in [1.29, 1.82) is 0 Å². The predicted molar refractivity (Wildman–Crippen MR) is 75.0 cm³/mol. The van der Waals surface area contributed by atoms with Crippen molar-refractivity contribution in [2.24, 2.45) is 0 Å². The van der Waals surface area contributed by atoms with E-state index in [2.05, 4.69) is 10.1 Å². The molecule has 20 heavy (non-hydrogen) atoms. The molecule has 3 rings (SSSR count). The van der Waals surface area contributed by atoms with Gasteiger partial charge in [-0.05, 0) is 18.9 Å². The van der Waals surface area contributed by atoms with Gasteiger partial charge >= 0.3 is 0 Å². The average Bonchev–Trinajstić information content (AvgIpc) is 2.83. The molecule has 1 saturated heterocycles. The van der Waals surface area contributed by atoms with Gasteiger partial charge in [0, 0.05) is 19.3 Å². The first-order valence-corrected chi connectivity index (χ1v) is 8.31. The van der Waals surface area contributed by atoms with E-state index in [1.54, 1.807) is 12.4 Å². The molecule has 0 saturated carbocycles. The van der Waals surface area contributed by atoms with Crippen LogP contribution in [0, 0.1) is 0 Å². The van der Waals surface area contributed by atoms with Crippen molar-refractivity contribution in [2.45, 2.75) is 18.9 Å². The van der Waals surface area contributed by atoms with Crippen molar-refractivity contribution < 1.29 is 8.42 Å². The largest absolute Gasteiger partial charge is 0.328 e. The third-order valence-corrected chi connectivity index (χ3v) is 5.08. The monoisotopic (exact) mass is 296 g/mol. The molecule has 0 bridgehead atoms. The second kappa shape index (κ2) is 4.71. The van der Waals surface area contributed by atoms with E-state index >= 15 is 0 Å². The minimum atomic E-state index is -3.12. The van der Waals surface area contributed by atoms with Gasteiger partial charge in [0.05, 0.1) is 29.4 Å². The number of rotatable bonds is 2. The van der Waals surface area contributed by atoms with Gasteiger partial charge in [0.25, 0.3) is 5.56 Å². The third-order valence-electron chi connectivity index (χ3n) is 3.77. The molecule has 0 unspecified atom stereocenters. The Morgan fingerprint density at radius 1 is 1.35 bits per heavy atom. The Bertz CT molecular complexity index is 784. The summed E-state index contributed by atoms with van der Waals surface area (Å²) in [5, 5.41) is 4.86. The average molecular weight is 296 g/mol. The van der Waals surface area contributed by atoms with Crippen LogP contribution < -0.4 is 5.56 Å². The van der Waals surface area contributed by atoms with E-state index < -0.39 is 10.0 Å². The summed E-state index contributed by atoms with van der Waals surface area (Å²) in [7, 11) is -3.12. The summed E-state index contributed by atoms with van der Waals surface area (Å²) in [6, 6.07) is 1.96. The highest BCUT2D eigenvalue weighted by atomic mass is 32.2. The van der Waals surface area contributed by atoms with E-state index in [9.17, 15) is 13.2 Å². The van der Waals surface area contributed by atoms with Gasteiger partial charge < -0.3 is 4.98 Å². The fraction of sp³-hybridized carbons (Fsp3) is 0.500. The van der Waals surface area contributed by atoms with Crippen LogP contribution in [0.2, 0.25) is 0 Å². The zero-order valence-electron chi connectivity index (χ0n) is 11.1. The van der Waals surface area contributed by atoms with Gasteiger partial charge in [-0.3, -0.25) is 9.48 Å². The molecule has 0 amide bonds. The summed E-state index contributed by atoms with van der Waals surface area (Å²) in [5.41, 5.74) is 0.647. The first-order valence-electron chi connectivity index (χ1n) is 6.47. The summed E-state index contributed by atoms with van der Waals surface area (Å²) in [4.78, 5) is 14.3. The van der Waals surface area contributed by atoms with E-state index in [0.717, 1.165) is 5.52 Å². The van der Waals surface area contributed by atoms with Gasteiger partial charge in [0.1, 0.15) is 0 Å². The fourth-order valence-corrected chi connectivity index (χ4v) is 3.57. The maximum Gasteiger partial charge on any atom is 0.259 e. The summed E-state index contributed by atoms with van der Waals surface area (Å²) in [6.07, 6.45) is 5.81. The Morgan fingerprint density at radius 2 is 2.05 bits per heavy atom. The molecule has 1 aliphatic heterocycles. The van der Waals surface area contributed by atoms with E-state index in [-0.39, 0.29) is 11.6 Å². The predicted octanol–water partition coefficient (Wildman–Crippen LogP) is 0.321. The molecule has 8 heteroatoms. The summed E-state index contributed by atoms with van der Waals surface area (Å²) in [5.74, 6) is 0. The van der Waals surface area contributed by atoms with Crippen molar-refractivity contribution in [3.05, 3.63) is 28.8 Å². The Balaban J connectivity index is 1.88. The number of fused-ring (bicyclic) bond motifs is 1. The van der Waals surface area contributed by atoms with Crippen LogP contribution in [-0.4, -0.2) is 46.8 Å². The number of hydrogen-bond donors (Lipinski definition) is 1. The number of pyridine rings is 1. The van der Waals surface area contributed by atoms with Crippen LogP contribution >= 0.6 is 0 Å². The molecule has 0 aliphatic carbocycles. The highest BCUT2D eigenvalue weighted by Gasteiger charge is 2.27. The van der Waals surface area contributed by atoms with Gasteiger partial charge in [-0.2, -0.15) is 5.10 Å². The topological polar surface area (TPSA) is 88.1 Å². The van der Waals surface area contributed by atoms with Gasteiger partial charge in [-0.25, -0.2) is 12.7 Å². The zero-order chi connectivity index (χ0) is 14.3. The first-order chi connectivity index (χ1) is 9.47. The molecule has 0 aromatic carbocycles. The number of aromatic nitrogens is 3. The van der Waals surface area contributed by atoms with Crippen molar-refractivity contribution in [3.63, 3.8) is 0 Å². The molecule has 3 heterocycles. The Labute approximate surface area is 116 Å². The number of aromatic amines is 1. The second-order valence-corrected chi connectivity index (χ2v) is 7.07. The lowest BCUT2D eigenvalue weighted by molar-refractivity contribution is 0.266.